The molecule has 172 valence electrons. The number of nitrogens with zero attached hydrogens (tertiary/aromatic N) is 4. The largest absolute Gasteiger partial charge is 0.489 e. The fourth-order valence-electron chi connectivity index (χ4n) is 3.52. The van der Waals surface area contributed by atoms with Crippen LogP contribution in [0.15, 0.2) is 59.7 Å². The van der Waals surface area contributed by atoms with E-state index in [1.807, 2.05) is 42.5 Å². The van der Waals surface area contributed by atoms with Crippen LogP contribution in [0.25, 0.3) is 11.3 Å². The normalized spacial score (nSPS) is 13.9. The number of hydrogen-bond acceptors (Lipinski definition) is 7. The molecule has 0 aliphatic carbocycles. The molecule has 0 atom stereocenters. The van der Waals surface area contributed by atoms with Crippen LogP contribution in [0.3, 0.4) is 0 Å². The second-order valence-corrected chi connectivity index (χ2v) is 7.63. The summed E-state index contributed by atoms with van der Waals surface area (Å²) < 4.78 is 11.4. The van der Waals surface area contributed by atoms with Gasteiger partial charge in [-0.3, -0.25) is 5.41 Å². The first-order chi connectivity index (χ1) is 16.7. The summed E-state index contributed by atoms with van der Waals surface area (Å²) in [7, 11) is 0. The highest BCUT2D eigenvalue weighted by molar-refractivity contribution is 5.69. The molecule has 1 saturated heterocycles. The quantitative estimate of drug-likeness (QED) is 0.328. The van der Waals surface area contributed by atoms with Gasteiger partial charge < -0.3 is 20.1 Å². The lowest BCUT2D eigenvalue weighted by molar-refractivity contribution is 0.0254. The van der Waals surface area contributed by atoms with Gasteiger partial charge in [0.15, 0.2) is 0 Å². The summed E-state index contributed by atoms with van der Waals surface area (Å²) in [6.45, 7) is 1.97. The van der Waals surface area contributed by atoms with Gasteiger partial charge in [-0.1, -0.05) is 12.1 Å². The molecule has 1 fully saturated rings. The standard InChI is InChI=1S/C25H25N7O2/c26-14-20-13-19(3-6-24(20)34-22-8-11-33-12-9-22)23-7-10-30-25(32-23)31-21-4-1-18(2-5-21)15-28-17-29-16-27/h1-7,10,13,16-17,22H,8-9,11-12,15H2,(H2,27,28,29)(H,30,31,32). The molecule has 9 nitrogen and oxygen atoms in total. The maximum absolute atomic E-state index is 9.65. The average molecular weight is 456 g/mol. The van der Waals surface area contributed by atoms with Crippen LogP contribution >= 0.6 is 0 Å². The molecule has 1 aromatic heterocycles. The highest BCUT2D eigenvalue weighted by atomic mass is 16.5. The second-order valence-electron chi connectivity index (χ2n) is 7.63. The van der Waals surface area contributed by atoms with Crippen LogP contribution in [0.4, 0.5) is 11.6 Å². The summed E-state index contributed by atoms with van der Waals surface area (Å²) in [5, 5.41) is 22.7. The van der Waals surface area contributed by atoms with Crippen molar-refractivity contribution in [3.05, 3.63) is 65.9 Å². The smallest absolute Gasteiger partial charge is 0.227 e. The zero-order valence-electron chi connectivity index (χ0n) is 18.6. The number of aromatic nitrogens is 2. The monoisotopic (exact) mass is 455 g/mol. The summed E-state index contributed by atoms with van der Waals surface area (Å²) >= 11 is 0. The molecule has 3 N–H and O–H groups in total. The second kappa shape index (κ2) is 11.5. The van der Waals surface area contributed by atoms with Crippen molar-refractivity contribution in [1.29, 1.82) is 10.7 Å². The van der Waals surface area contributed by atoms with E-state index >= 15 is 0 Å². The van der Waals surface area contributed by atoms with Crippen LogP contribution in [0.2, 0.25) is 0 Å². The van der Waals surface area contributed by atoms with Crippen molar-refractivity contribution in [1.82, 2.24) is 15.3 Å². The van der Waals surface area contributed by atoms with E-state index in [0.717, 1.165) is 36.0 Å². The molecule has 4 rings (SSSR count). The lowest BCUT2D eigenvalue weighted by Gasteiger charge is -2.23. The molecule has 1 aliphatic rings. The fraction of sp³-hybridized carbons (Fsp3) is 0.240. The minimum atomic E-state index is 0.0681. The number of nitriles is 1. The van der Waals surface area contributed by atoms with Gasteiger partial charge in [-0.25, -0.2) is 15.0 Å². The molecule has 0 radical (unpaired) electrons. The van der Waals surface area contributed by atoms with Gasteiger partial charge in [-0.05, 0) is 42.0 Å². The van der Waals surface area contributed by atoms with Gasteiger partial charge in [0.2, 0.25) is 5.95 Å². The Morgan fingerprint density at radius 3 is 2.76 bits per heavy atom. The van der Waals surface area contributed by atoms with Crippen molar-refractivity contribution < 1.29 is 9.47 Å². The van der Waals surface area contributed by atoms with Gasteiger partial charge in [0.25, 0.3) is 0 Å². The molecule has 2 aromatic carbocycles. The highest BCUT2D eigenvalue weighted by Gasteiger charge is 2.17. The summed E-state index contributed by atoms with van der Waals surface area (Å²) in [6, 6.07) is 17.4. The van der Waals surface area contributed by atoms with Crippen molar-refractivity contribution >= 4 is 24.3 Å². The number of nitrogens with one attached hydrogen (secondary N) is 3. The number of ether oxygens (including phenoxy) is 2. The Morgan fingerprint density at radius 2 is 2.00 bits per heavy atom. The minimum absolute atomic E-state index is 0.0681. The molecule has 2 heterocycles. The average Bonchev–Trinajstić information content (AvgIpc) is 2.88. The summed E-state index contributed by atoms with van der Waals surface area (Å²) in [5.41, 5.74) is 3.93. The Hall–Kier alpha value is -4.29. The van der Waals surface area contributed by atoms with E-state index in [2.05, 4.69) is 31.7 Å². The van der Waals surface area contributed by atoms with E-state index < -0.39 is 0 Å². The first kappa shape index (κ1) is 22.9. The molecular formula is C25H25N7O2. The molecule has 0 amide bonds. The van der Waals surface area contributed by atoms with Gasteiger partial charge >= 0.3 is 0 Å². The van der Waals surface area contributed by atoms with E-state index in [1.54, 1.807) is 12.3 Å². The van der Waals surface area contributed by atoms with E-state index in [9.17, 15) is 5.26 Å². The zero-order chi connectivity index (χ0) is 23.6. The van der Waals surface area contributed by atoms with Crippen LogP contribution in [-0.2, 0) is 11.3 Å². The van der Waals surface area contributed by atoms with Gasteiger partial charge in [-0.15, -0.1) is 0 Å². The van der Waals surface area contributed by atoms with Gasteiger partial charge in [0.05, 0.1) is 30.8 Å². The minimum Gasteiger partial charge on any atom is -0.489 e. The molecule has 0 unspecified atom stereocenters. The Balaban J connectivity index is 1.44. The third kappa shape index (κ3) is 6.15. The summed E-state index contributed by atoms with van der Waals surface area (Å²) in [6.07, 6.45) is 5.86. The first-order valence-electron chi connectivity index (χ1n) is 11.0. The Morgan fingerprint density at radius 1 is 1.18 bits per heavy atom. The van der Waals surface area contributed by atoms with Crippen molar-refractivity contribution in [2.75, 3.05) is 18.5 Å². The molecular weight excluding hydrogens is 430 g/mol. The lowest BCUT2D eigenvalue weighted by atomic mass is 10.1. The van der Waals surface area contributed by atoms with Crippen molar-refractivity contribution in [3.8, 4) is 23.1 Å². The predicted octanol–water partition coefficient (Wildman–Crippen LogP) is 4.04. The summed E-state index contributed by atoms with van der Waals surface area (Å²) in [5.74, 6) is 1.05. The van der Waals surface area contributed by atoms with E-state index in [0.29, 0.717) is 42.7 Å². The first-order valence-corrected chi connectivity index (χ1v) is 11.0. The number of anilines is 2. The number of hydrogen-bond donors (Lipinski definition) is 3. The van der Waals surface area contributed by atoms with Gasteiger partial charge in [0.1, 0.15) is 24.3 Å². The highest BCUT2D eigenvalue weighted by Crippen LogP contribution is 2.28. The molecule has 0 saturated carbocycles. The number of rotatable bonds is 9. The maximum Gasteiger partial charge on any atom is 0.227 e. The molecule has 0 bridgehead atoms. The van der Waals surface area contributed by atoms with Crippen molar-refractivity contribution in [2.45, 2.75) is 25.5 Å². The van der Waals surface area contributed by atoms with Crippen molar-refractivity contribution in [2.24, 2.45) is 4.99 Å². The number of aliphatic imine (C=N–C) groups is 1. The van der Waals surface area contributed by atoms with Crippen LogP contribution < -0.4 is 15.4 Å². The topological polar surface area (TPSA) is 128 Å². The third-order valence-electron chi connectivity index (χ3n) is 5.27. The van der Waals surface area contributed by atoms with E-state index in [4.69, 9.17) is 14.9 Å². The molecule has 0 spiro atoms. The van der Waals surface area contributed by atoms with Crippen molar-refractivity contribution in [3.63, 3.8) is 0 Å². The lowest BCUT2D eigenvalue weighted by Crippen LogP contribution is -2.26. The van der Waals surface area contributed by atoms with Gasteiger partial charge in [-0.2, -0.15) is 5.26 Å². The SMILES string of the molecule is N#Cc1cc(-c2ccnc(Nc3ccc(CN/C=N\C=N)cc3)n2)ccc1OC1CCOCC1. The van der Waals surface area contributed by atoms with E-state index in [1.165, 1.54) is 6.34 Å². The number of benzene rings is 2. The Bertz CT molecular complexity index is 1180. The molecule has 34 heavy (non-hydrogen) atoms. The van der Waals surface area contributed by atoms with E-state index in [-0.39, 0.29) is 6.10 Å². The Labute approximate surface area is 198 Å². The van der Waals surface area contributed by atoms with Gasteiger partial charge in [0, 0.05) is 36.8 Å². The van der Waals surface area contributed by atoms with Crippen LogP contribution in [0.1, 0.15) is 24.0 Å². The molecule has 9 heteroatoms. The molecule has 3 aromatic rings. The molecule has 1 aliphatic heterocycles. The fourth-order valence-corrected chi connectivity index (χ4v) is 3.52. The third-order valence-corrected chi connectivity index (χ3v) is 5.27. The van der Waals surface area contributed by atoms with Crippen LogP contribution in [0.5, 0.6) is 5.75 Å². The zero-order valence-corrected chi connectivity index (χ0v) is 18.6. The van der Waals surface area contributed by atoms with Crippen LogP contribution in [-0.4, -0.2) is 42.0 Å². The predicted molar refractivity (Wildman–Crippen MR) is 130 cm³/mol. The Kier molecular flexibility index (Phi) is 7.77. The van der Waals surface area contributed by atoms with Crippen LogP contribution in [0, 0.1) is 16.7 Å². The summed E-state index contributed by atoms with van der Waals surface area (Å²) in [4.78, 5) is 12.6. The maximum atomic E-state index is 9.65.